The van der Waals surface area contributed by atoms with Gasteiger partial charge in [0.15, 0.2) is 0 Å². The third kappa shape index (κ3) is 37.9. The molecule has 0 aliphatic heterocycles. The van der Waals surface area contributed by atoms with Crippen molar-refractivity contribution in [2.45, 2.75) is 375 Å². The van der Waals surface area contributed by atoms with Gasteiger partial charge in [-0.25, -0.2) is 0 Å². The summed E-state index contributed by atoms with van der Waals surface area (Å²) < 4.78 is 13.6. The van der Waals surface area contributed by atoms with Crippen LogP contribution in [0.5, 0.6) is 11.5 Å². The fourth-order valence-corrected chi connectivity index (χ4v) is 21.4. The van der Waals surface area contributed by atoms with Crippen LogP contribution in [0.15, 0.2) is 146 Å². The molecule has 650 valence electrons. The number of ether oxygens (including phenoxy) is 2. The lowest BCUT2D eigenvalue weighted by Gasteiger charge is -2.15. The molecule has 0 saturated heterocycles. The van der Waals surface area contributed by atoms with Crippen LogP contribution >= 0.6 is 45.3 Å². The number of hydrogen-bond acceptors (Lipinski definition) is 6. The van der Waals surface area contributed by atoms with E-state index >= 15 is 0 Å². The maximum Gasteiger partial charge on any atom is 0.127 e. The van der Waals surface area contributed by atoms with Gasteiger partial charge in [0, 0.05) is 50.1 Å². The maximum atomic E-state index is 6.80. The average molecular weight is 1690 g/mol. The van der Waals surface area contributed by atoms with Gasteiger partial charge >= 0.3 is 0 Å². The van der Waals surface area contributed by atoms with Crippen LogP contribution in [-0.4, -0.2) is 13.2 Å². The molecular formula is C114H158O2S4. The second-order valence-corrected chi connectivity index (χ2v) is 39.3. The molecule has 0 atom stereocenters. The zero-order chi connectivity index (χ0) is 83.8. The molecule has 0 unspecified atom stereocenters. The summed E-state index contributed by atoms with van der Waals surface area (Å²) in [6.45, 7) is 15.2. The molecular weight excluding hydrogens is 1530 g/mol. The number of benzene rings is 5. The van der Waals surface area contributed by atoms with Gasteiger partial charge < -0.3 is 9.47 Å². The summed E-state index contributed by atoms with van der Waals surface area (Å²) in [6, 6.07) is 55.6. The topological polar surface area (TPSA) is 18.5 Å². The minimum absolute atomic E-state index is 0.688. The summed E-state index contributed by atoms with van der Waals surface area (Å²) in [6.07, 6.45) is 87.1. The van der Waals surface area contributed by atoms with Crippen LogP contribution < -0.4 is 9.47 Å². The predicted molar refractivity (Wildman–Crippen MR) is 543 cm³/mol. The highest BCUT2D eigenvalue weighted by Gasteiger charge is 2.19. The van der Waals surface area contributed by atoms with Gasteiger partial charge in [-0.1, -0.05) is 457 Å². The van der Waals surface area contributed by atoms with Gasteiger partial charge in [0.25, 0.3) is 0 Å². The van der Waals surface area contributed by atoms with E-state index in [2.05, 4.69) is 236 Å². The van der Waals surface area contributed by atoms with Crippen molar-refractivity contribution in [2.24, 2.45) is 0 Å². The first-order valence-electron chi connectivity index (χ1n) is 49.3. The highest BCUT2D eigenvalue weighted by atomic mass is 32.1. The molecule has 0 amide bonds. The number of aryl methyl sites for hydroxylation is 4. The molecule has 9 aromatic rings. The van der Waals surface area contributed by atoms with Crippen LogP contribution in [0.3, 0.4) is 0 Å². The van der Waals surface area contributed by atoms with Crippen LogP contribution in [-0.2, 0) is 25.7 Å². The molecule has 4 aromatic heterocycles. The highest BCUT2D eigenvalue weighted by Crippen LogP contribution is 2.45. The normalized spacial score (nSPS) is 11.9. The molecule has 0 radical (unpaired) electrons. The van der Waals surface area contributed by atoms with Gasteiger partial charge in [0.05, 0.1) is 13.2 Å². The minimum atomic E-state index is 0.688. The Morgan fingerprint density at radius 1 is 0.208 bits per heavy atom. The Morgan fingerprint density at radius 2 is 0.442 bits per heavy atom. The van der Waals surface area contributed by atoms with Crippen LogP contribution in [0, 0.1) is 0 Å². The molecule has 4 heterocycles. The third-order valence-corrected chi connectivity index (χ3v) is 29.4. The zero-order valence-corrected chi connectivity index (χ0v) is 79.4. The molecule has 2 nitrogen and oxygen atoms in total. The lowest BCUT2D eigenvalue weighted by molar-refractivity contribution is 0.295. The molecule has 0 N–H and O–H groups in total. The highest BCUT2D eigenvalue weighted by molar-refractivity contribution is 7.24. The van der Waals surface area contributed by atoms with E-state index in [-0.39, 0.29) is 0 Å². The number of thiophene rings is 4. The molecule has 0 aliphatic rings. The maximum absolute atomic E-state index is 6.80. The van der Waals surface area contributed by atoms with Crippen molar-refractivity contribution in [1.29, 1.82) is 0 Å². The van der Waals surface area contributed by atoms with Gasteiger partial charge in [0.1, 0.15) is 11.5 Å². The third-order valence-electron chi connectivity index (χ3n) is 24.3. The van der Waals surface area contributed by atoms with Crippen LogP contribution in [0.1, 0.15) is 415 Å². The lowest BCUT2D eigenvalue weighted by atomic mass is 10.0. The molecule has 0 bridgehead atoms. The van der Waals surface area contributed by atoms with Crippen molar-refractivity contribution < 1.29 is 9.47 Å². The number of hydrogen-bond donors (Lipinski definition) is 0. The zero-order valence-electron chi connectivity index (χ0n) is 76.1. The van der Waals surface area contributed by atoms with Gasteiger partial charge in [-0.05, 0) is 168 Å². The number of rotatable bonds is 68. The first-order chi connectivity index (χ1) is 59.3. The summed E-state index contributed by atoms with van der Waals surface area (Å²) >= 11 is 8.10. The first-order valence-corrected chi connectivity index (χ1v) is 52.6. The van der Waals surface area contributed by atoms with Gasteiger partial charge in [-0.2, -0.15) is 0 Å². The quantitative estimate of drug-likeness (QED) is 0.0279. The SMILES string of the molecule is CCCCCCCCCCCCCCCCc1ccc(-c2sc(-c3ccc(C=Cc4ccc(C=Cc5cc(OCCCCCCCC)c(C=Cc6ccc(C=Cc7ccc(-c8cc(CCCCCC)c(-c9ccc(CCCCCCCCCCCCCCCC)s9)s8)cc7)cc6)cc5OCCCCCCCC)cc4)cc3)cc2CCCCCC)s1. The van der Waals surface area contributed by atoms with Crippen molar-refractivity contribution in [1.82, 2.24) is 0 Å². The Balaban J connectivity index is 0.808. The van der Waals surface area contributed by atoms with E-state index in [9.17, 15) is 0 Å². The smallest absolute Gasteiger partial charge is 0.127 e. The molecule has 0 aliphatic carbocycles. The Morgan fingerprint density at radius 3 is 0.725 bits per heavy atom. The number of unbranched alkanes of at least 4 members (excludes halogenated alkanes) is 42. The van der Waals surface area contributed by atoms with Crippen molar-refractivity contribution >= 4 is 94.0 Å². The Kier molecular flexibility index (Phi) is 49.4. The average Bonchev–Trinajstić information content (AvgIpc) is 1.65. The van der Waals surface area contributed by atoms with Crippen LogP contribution in [0.4, 0.5) is 0 Å². The molecule has 5 aromatic carbocycles. The monoisotopic (exact) mass is 1690 g/mol. The summed E-state index contributed by atoms with van der Waals surface area (Å²) in [5.74, 6) is 1.80. The fraction of sp³-hybridized carbons (Fsp3) is 0.526. The Hall–Kier alpha value is -6.54. The fourth-order valence-electron chi connectivity index (χ4n) is 16.6. The van der Waals surface area contributed by atoms with Crippen molar-refractivity contribution in [3.05, 3.63) is 211 Å². The largest absolute Gasteiger partial charge is 0.493 e. The Labute approximate surface area is 749 Å². The van der Waals surface area contributed by atoms with E-state index in [0.29, 0.717) is 13.2 Å². The standard InChI is InChI=1S/C114H158O2S4/c1-7-13-19-25-29-31-33-35-37-39-41-43-45-51-57-105-83-85-109(117-105)113-103(55-49-23-17-11-5)91-111(119-113)99-77-71-97(72-78-99)69-63-93-59-65-95(66-60-93)75-81-101-89-108(116-88-54-48-28-22-16-10-4)102(90-107(101)115-87-53-47-27-21-15-9-3)82-76-96-67-61-94(62-68-96)64-70-98-73-79-100(80-74-98)112-92-104(56-50-24-18-12-6)114(120-112)110-86-84-106(118-110)58-52-46-44-42-40-38-36-34-32-30-26-20-14-8-2/h59-86,89-92H,7-58,87-88H2,1-6H3. The molecule has 0 saturated carbocycles. The summed E-state index contributed by atoms with van der Waals surface area (Å²) in [5.41, 5.74) is 14.9. The Bertz CT molecular complexity index is 3960. The van der Waals surface area contributed by atoms with E-state index in [1.54, 1.807) is 9.75 Å². The second-order valence-electron chi connectivity index (χ2n) is 34.8. The van der Waals surface area contributed by atoms with E-state index in [1.807, 2.05) is 45.3 Å². The summed E-state index contributed by atoms with van der Waals surface area (Å²) in [5, 5.41) is 0. The first kappa shape index (κ1) is 97.3. The summed E-state index contributed by atoms with van der Waals surface area (Å²) in [7, 11) is 0. The van der Waals surface area contributed by atoms with Crippen molar-refractivity contribution in [3.8, 4) is 51.9 Å². The van der Waals surface area contributed by atoms with E-state index in [0.717, 1.165) is 59.4 Å². The van der Waals surface area contributed by atoms with E-state index < -0.39 is 0 Å². The predicted octanol–water partition coefficient (Wildman–Crippen LogP) is 39.1. The minimum Gasteiger partial charge on any atom is -0.493 e. The molecule has 6 heteroatoms. The molecule has 0 fully saturated rings. The lowest BCUT2D eigenvalue weighted by Crippen LogP contribution is -2.03. The second kappa shape index (κ2) is 60.9. The van der Waals surface area contributed by atoms with Gasteiger partial charge in [-0.3, -0.25) is 0 Å². The molecule has 120 heavy (non-hydrogen) atoms. The van der Waals surface area contributed by atoms with Crippen LogP contribution in [0.25, 0.3) is 89.0 Å². The van der Waals surface area contributed by atoms with Crippen molar-refractivity contribution in [3.63, 3.8) is 0 Å². The molecule has 0 spiro atoms. The van der Waals surface area contributed by atoms with Crippen molar-refractivity contribution in [2.75, 3.05) is 13.2 Å². The van der Waals surface area contributed by atoms with Crippen LogP contribution in [0.2, 0.25) is 0 Å². The van der Waals surface area contributed by atoms with Gasteiger partial charge in [0.2, 0.25) is 0 Å². The van der Waals surface area contributed by atoms with Gasteiger partial charge in [-0.15, -0.1) is 45.3 Å². The molecule has 9 rings (SSSR count). The summed E-state index contributed by atoms with van der Waals surface area (Å²) in [4.78, 5) is 11.8. The van der Waals surface area contributed by atoms with E-state index in [4.69, 9.17) is 9.47 Å². The van der Waals surface area contributed by atoms with E-state index in [1.165, 1.54) is 382 Å².